The van der Waals surface area contributed by atoms with Crippen molar-refractivity contribution in [3.05, 3.63) is 45.6 Å². The van der Waals surface area contributed by atoms with Crippen molar-refractivity contribution in [2.45, 2.75) is 19.3 Å². The third-order valence-electron chi connectivity index (χ3n) is 2.97. The van der Waals surface area contributed by atoms with Gasteiger partial charge in [0.05, 0.1) is 11.1 Å². The number of halogens is 1. The molecular weight excluding hydrogens is 341 g/mol. The molecule has 2 rings (SSSR count). The van der Waals surface area contributed by atoms with Crippen LogP contribution in [0.15, 0.2) is 34.4 Å². The summed E-state index contributed by atoms with van der Waals surface area (Å²) in [5.74, 6) is -0.305. The van der Waals surface area contributed by atoms with Gasteiger partial charge in [-0.15, -0.1) is 0 Å². The third-order valence-corrected chi connectivity index (χ3v) is 3.48. The monoisotopic (exact) mass is 355 g/mol. The molecule has 0 fully saturated rings. The van der Waals surface area contributed by atoms with Crippen LogP contribution in [0.3, 0.4) is 0 Å². The van der Waals surface area contributed by atoms with Crippen molar-refractivity contribution < 1.29 is 9.59 Å². The van der Waals surface area contributed by atoms with Crippen LogP contribution in [-0.4, -0.2) is 23.3 Å². The van der Waals surface area contributed by atoms with Gasteiger partial charge < -0.3 is 0 Å². The van der Waals surface area contributed by atoms with E-state index < -0.39 is 0 Å². The van der Waals surface area contributed by atoms with Crippen LogP contribution in [0.5, 0.6) is 0 Å². The number of nitrogens with zero attached hydrogens (tertiary/aromatic N) is 1. The number of rotatable bonds is 5. The van der Waals surface area contributed by atoms with Crippen LogP contribution in [-0.2, 0) is 0 Å². The molecule has 0 unspecified atom stereocenters. The Morgan fingerprint density at radius 3 is 2.22 bits per heavy atom. The Morgan fingerprint density at radius 1 is 1.06 bits per heavy atom. The first-order valence-corrected chi connectivity index (χ1v) is 7.20. The molecule has 1 aromatic carbocycles. The first kappa shape index (κ1) is 13.3. The summed E-state index contributed by atoms with van der Waals surface area (Å²) in [6.45, 7) is 0.515. The minimum atomic E-state index is -0.153. The molecule has 4 heteroatoms. The normalized spacial score (nSPS) is 14.6. The highest BCUT2D eigenvalue weighted by molar-refractivity contribution is 14.1. The predicted octanol–water partition coefficient (Wildman–Crippen LogP) is 3.40. The molecular formula is C14H14INO2. The molecule has 0 spiro atoms. The van der Waals surface area contributed by atoms with Crippen molar-refractivity contribution in [2.75, 3.05) is 6.54 Å². The molecule has 1 heterocycles. The Morgan fingerprint density at radius 2 is 1.67 bits per heavy atom. The maximum Gasteiger partial charge on any atom is 0.261 e. The second-order valence-corrected chi connectivity index (χ2v) is 4.88. The van der Waals surface area contributed by atoms with Gasteiger partial charge in [-0.2, -0.15) is 0 Å². The lowest BCUT2D eigenvalue weighted by Gasteiger charge is -2.12. The smallest absolute Gasteiger partial charge is 0.261 e. The summed E-state index contributed by atoms with van der Waals surface area (Å²) in [5, 5.41) is 0. The van der Waals surface area contributed by atoms with Gasteiger partial charge in [0.25, 0.3) is 11.8 Å². The molecule has 0 atom stereocenters. The first-order chi connectivity index (χ1) is 8.75. The van der Waals surface area contributed by atoms with E-state index in [1.165, 1.54) is 4.90 Å². The summed E-state index contributed by atoms with van der Waals surface area (Å²) in [6.07, 6.45) is 4.92. The highest BCUT2D eigenvalue weighted by Crippen LogP contribution is 2.22. The lowest BCUT2D eigenvalue weighted by molar-refractivity contribution is 0.0652. The fourth-order valence-electron chi connectivity index (χ4n) is 2.04. The van der Waals surface area contributed by atoms with E-state index in [1.807, 2.05) is 4.08 Å². The molecule has 0 bridgehead atoms. The van der Waals surface area contributed by atoms with Crippen molar-refractivity contribution >= 4 is 34.4 Å². The van der Waals surface area contributed by atoms with Crippen LogP contribution in [0, 0.1) is 0 Å². The van der Waals surface area contributed by atoms with Gasteiger partial charge >= 0.3 is 0 Å². The van der Waals surface area contributed by atoms with Crippen LogP contribution in [0.2, 0.25) is 0 Å². The van der Waals surface area contributed by atoms with Crippen molar-refractivity contribution in [1.29, 1.82) is 0 Å². The lowest BCUT2D eigenvalue weighted by atomic mass is 10.1. The molecule has 1 aliphatic heterocycles. The summed E-state index contributed by atoms with van der Waals surface area (Å²) in [6, 6.07) is 7.01. The van der Waals surface area contributed by atoms with Crippen LogP contribution in [0.1, 0.15) is 40.0 Å². The van der Waals surface area contributed by atoms with Crippen LogP contribution in [0.25, 0.3) is 0 Å². The standard InChI is InChI=1S/C14H14INO2/c15-9-5-1-2-6-10-16-13(17)11-7-3-4-8-12(11)14(16)18/h3-5,7-9H,1-2,6,10H2/b9-5-. The molecule has 0 N–H and O–H groups in total. The van der Waals surface area contributed by atoms with Crippen molar-refractivity contribution in [2.24, 2.45) is 0 Å². The molecule has 2 amide bonds. The summed E-state index contributed by atoms with van der Waals surface area (Å²) in [4.78, 5) is 25.4. The predicted molar refractivity (Wildman–Crippen MR) is 78.8 cm³/mol. The van der Waals surface area contributed by atoms with Gasteiger partial charge in [0, 0.05) is 6.54 Å². The highest BCUT2D eigenvalue weighted by Gasteiger charge is 2.34. The second-order valence-electron chi connectivity index (χ2n) is 4.16. The van der Waals surface area contributed by atoms with E-state index in [4.69, 9.17) is 0 Å². The van der Waals surface area contributed by atoms with Crippen molar-refractivity contribution in [3.8, 4) is 0 Å². The maximum atomic E-state index is 12.0. The largest absolute Gasteiger partial charge is 0.274 e. The number of unbranched alkanes of at least 4 members (excludes halogenated alkanes) is 2. The molecule has 0 saturated heterocycles. The zero-order chi connectivity index (χ0) is 13.0. The summed E-state index contributed by atoms with van der Waals surface area (Å²) in [7, 11) is 0. The second kappa shape index (κ2) is 6.13. The zero-order valence-corrected chi connectivity index (χ0v) is 12.1. The average Bonchev–Trinajstić information content (AvgIpc) is 2.64. The number of amides is 2. The molecule has 0 aliphatic carbocycles. The van der Waals surface area contributed by atoms with E-state index in [9.17, 15) is 9.59 Å². The first-order valence-electron chi connectivity index (χ1n) is 5.96. The van der Waals surface area contributed by atoms with E-state index >= 15 is 0 Å². The summed E-state index contributed by atoms with van der Waals surface area (Å²) < 4.78 is 1.99. The zero-order valence-electron chi connectivity index (χ0n) is 9.93. The van der Waals surface area contributed by atoms with E-state index in [0.717, 1.165) is 19.3 Å². The number of allylic oxidation sites excluding steroid dienone is 1. The fourth-order valence-corrected chi connectivity index (χ4v) is 2.40. The molecule has 0 saturated carbocycles. The van der Waals surface area contributed by atoms with Gasteiger partial charge in [0.15, 0.2) is 0 Å². The minimum absolute atomic E-state index is 0.153. The van der Waals surface area contributed by atoms with E-state index in [0.29, 0.717) is 17.7 Å². The maximum absolute atomic E-state index is 12.0. The molecule has 0 radical (unpaired) electrons. The molecule has 94 valence electrons. The van der Waals surface area contributed by atoms with Crippen LogP contribution < -0.4 is 0 Å². The molecule has 3 nitrogen and oxygen atoms in total. The van der Waals surface area contributed by atoms with Crippen LogP contribution in [0.4, 0.5) is 0 Å². The fraction of sp³-hybridized carbons (Fsp3) is 0.286. The molecule has 18 heavy (non-hydrogen) atoms. The number of hydrogen-bond acceptors (Lipinski definition) is 2. The van der Waals surface area contributed by atoms with Gasteiger partial charge in [-0.1, -0.05) is 40.8 Å². The number of fused-ring (bicyclic) bond motifs is 1. The molecule has 1 aromatic rings. The van der Waals surface area contributed by atoms with Gasteiger partial charge in [-0.3, -0.25) is 14.5 Å². The number of carbonyl (C=O) groups excluding carboxylic acids is 2. The SMILES string of the molecule is O=C1c2ccccc2C(=O)N1CCCC/C=C\I. The Bertz CT molecular complexity index is 461. The van der Waals surface area contributed by atoms with Gasteiger partial charge in [0.1, 0.15) is 0 Å². The topological polar surface area (TPSA) is 37.4 Å². The lowest BCUT2D eigenvalue weighted by Crippen LogP contribution is -2.30. The van der Waals surface area contributed by atoms with E-state index in [2.05, 4.69) is 28.7 Å². The Hall–Kier alpha value is -1.17. The Labute approximate surface area is 120 Å². The Balaban J connectivity index is 1.96. The highest BCUT2D eigenvalue weighted by atomic mass is 127. The third kappa shape index (κ3) is 2.63. The number of carbonyl (C=O) groups is 2. The summed E-state index contributed by atoms with van der Waals surface area (Å²) >= 11 is 2.18. The molecule has 1 aliphatic rings. The quantitative estimate of drug-likeness (QED) is 0.461. The van der Waals surface area contributed by atoms with Gasteiger partial charge in [-0.25, -0.2) is 0 Å². The number of hydrogen-bond donors (Lipinski definition) is 0. The number of imide groups is 1. The minimum Gasteiger partial charge on any atom is -0.274 e. The van der Waals surface area contributed by atoms with E-state index in [-0.39, 0.29) is 11.8 Å². The van der Waals surface area contributed by atoms with Crippen LogP contribution >= 0.6 is 22.6 Å². The summed E-state index contributed by atoms with van der Waals surface area (Å²) in [5.41, 5.74) is 1.07. The van der Waals surface area contributed by atoms with Crippen molar-refractivity contribution in [3.63, 3.8) is 0 Å². The Kier molecular flexibility index (Phi) is 4.52. The van der Waals surface area contributed by atoms with Gasteiger partial charge in [-0.05, 0) is 35.5 Å². The van der Waals surface area contributed by atoms with Crippen molar-refractivity contribution in [1.82, 2.24) is 4.90 Å². The van der Waals surface area contributed by atoms with Gasteiger partial charge in [0.2, 0.25) is 0 Å². The average molecular weight is 355 g/mol. The molecule has 0 aromatic heterocycles. The number of benzene rings is 1. The van der Waals surface area contributed by atoms with E-state index in [1.54, 1.807) is 24.3 Å².